The number of hydrogen-bond donors (Lipinski definition) is 0. The molecule has 0 aliphatic carbocycles. The third-order valence-corrected chi connectivity index (χ3v) is 4.59. The number of aliphatic imine (C=N–C) groups is 1. The molecule has 1 aliphatic rings. The predicted molar refractivity (Wildman–Crippen MR) is 73.4 cm³/mol. The van der Waals surface area contributed by atoms with Crippen LogP contribution in [0.1, 0.15) is 34.6 Å². The SMILES string of the molecule is CC1C/C=C(Cl)/N=C(/Cl)c2cc(CC(F)(F)F)sc21. The van der Waals surface area contributed by atoms with Gasteiger partial charge in [-0.25, -0.2) is 4.99 Å². The Balaban J connectivity index is 2.42. The lowest BCUT2D eigenvalue weighted by molar-refractivity contribution is -0.126. The first-order valence-corrected chi connectivity index (χ1v) is 7.13. The van der Waals surface area contributed by atoms with Crippen LogP contribution in [0.2, 0.25) is 0 Å². The molecule has 1 aromatic heterocycles. The summed E-state index contributed by atoms with van der Waals surface area (Å²) in [5.41, 5.74) is 0.560. The molecule has 0 aromatic carbocycles. The van der Waals surface area contributed by atoms with Crippen LogP contribution >= 0.6 is 34.5 Å². The fourth-order valence-electron chi connectivity index (χ4n) is 1.85. The highest BCUT2D eigenvalue weighted by molar-refractivity contribution is 7.12. The molecule has 104 valence electrons. The Kier molecular flexibility index (Phi) is 4.28. The van der Waals surface area contributed by atoms with Gasteiger partial charge in [-0.1, -0.05) is 30.1 Å². The molecule has 0 spiro atoms. The molecule has 7 heteroatoms. The topological polar surface area (TPSA) is 12.4 Å². The second kappa shape index (κ2) is 5.46. The second-order valence-electron chi connectivity index (χ2n) is 4.35. The standard InChI is InChI=1S/C12H10Cl2F3NS/c1-6-2-3-9(13)18-11(14)8-4-7(19-10(6)8)5-12(15,16)17/h3-4,6H,2,5H2,1H3/b9-3+,18-11+. The molecule has 0 N–H and O–H groups in total. The van der Waals surface area contributed by atoms with Crippen molar-refractivity contribution in [1.82, 2.24) is 0 Å². The molecule has 19 heavy (non-hydrogen) atoms. The van der Waals surface area contributed by atoms with Crippen LogP contribution in [0.15, 0.2) is 22.3 Å². The van der Waals surface area contributed by atoms with E-state index in [1.807, 2.05) is 6.92 Å². The van der Waals surface area contributed by atoms with Crippen molar-refractivity contribution in [3.63, 3.8) is 0 Å². The average Bonchev–Trinajstić information content (AvgIpc) is 2.66. The summed E-state index contributed by atoms with van der Waals surface area (Å²) in [6.45, 7) is 1.93. The Morgan fingerprint density at radius 1 is 1.42 bits per heavy atom. The maximum atomic E-state index is 12.4. The van der Waals surface area contributed by atoms with Gasteiger partial charge in [-0.05, 0) is 24.5 Å². The van der Waals surface area contributed by atoms with E-state index in [1.54, 1.807) is 6.08 Å². The van der Waals surface area contributed by atoms with Gasteiger partial charge in [0.25, 0.3) is 0 Å². The summed E-state index contributed by atoms with van der Waals surface area (Å²) in [5.74, 6) is 0.0694. The maximum absolute atomic E-state index is 12.4. The van der Waals surface area contributed by atoms with Crippen LogP contribution in [-0.2, 0) is 6.42 Å². The van der Waals surface area contributed by atoms with Gasteiger partial charge in [0.1, 0.15) is 10.3 Å². The third-order valence-electron chi connectivity index (χ3n) is 2.70. The number of alkyl halides is 3. The Hall–Kier alpha value is -0.520. The van der Waals surface area contributed by atoms with Gasteiger partial charge in [-0.2, -0.15) is 13.2 Å². The highest BCUT2D eigenvalue weighted by atomic mass is 35.5. The zero-order valence-corrected chi connectivity index (χ0v) is 12.2. The fraction of sp³-hybridized carbons (Fsp3) is 0.417. The zero-order valence-electron chi connectivity index (χ0n) is 9.89. The van der Waals surface area contributed by atoms with Gasteiger partial charge in [0.15, 0.2) is 0 Å². The first-order valence-electron chi connectivity index (χ1n) is 5.56. The van der Waals surface area contributed by atoms with Crippen LogP contribution in [-0.4, -0.2) is 11.3 Å². The molecule has 1 atom stereocenters. The fourth-order valence-corrected chi connectivity index (χ4v) is 3.63. The van der Waals surface area contributed by atoms with Crippen molar-refractivity contribution in [1.29, 1.82) is 0 Å². The average molecular weight is 328 g/mol. The molecule has 0 radical (unpaired) electrons. The molecule has 0 saturated carbocycles. The largest absolute Gasteiger partial charge is 0.393 e. The monoisotopic (exact) mass is 327 g/mol. The lowest BCUT2D eigenvalue weighted by Gasteiger charge is -2.11. The second-order valence-corrected chi connectivity index (χ2v) is 6.26. The molecule has 1 aliphatic heterocycles. The molecule has 2 rings (SSSR count). The Morgan fingerprint density at radius 3 is 2.74 bits per heavy atom. The van der Waals surface area contributed by atoms with Crippen molar-refractivity contribution < 1.29 is 13.2 Å². The van der Waals surface area contributed by atoms with Gasteiger partial charge >= 0.3 is 6.18 Å². The molecule has 2 heterocycles. The molecular formula is C12H10Cl2F3NS. The maximum Gasteiger partial charge on any atom is 0.393 e. The van der Waals surface area contributed by atoms with Gasteiger partial charge < -0.3 is 0 Å². The number of hydrogen-bond acceptors (Lipinski definition) is 2. The van der Waals surface area contributed by atoms with Crippen molar-refractivity contribution in [2.45, 2.75) is 31.9 Å². The number of rotatable bonds is 1. The Morgan fingerprint density at radius 2 is 2.11 bits per heavy atom. The van der Waals surface area contributed by atoms with Crippen molar-refractivity contribution in [3.8, 4) is 0 Å². The summed E-state index contributed by atoms with van der Waals surface area (Å²) >= 11 is 13.0. The van der Waals surface area contributed by atoms with Crippen LogP contribution < -0.4 is 0 Å². The molecule has 1 aromatic rings. The van der Waals surface area contributed by atoms with Crippen molar-refractivity contribution in [2.75, 3.05) is 0 Å². The highest BCUT2D eigenvalue weighted by Gasteiger charge is 2.30. The summed E-state index contributed by atoms with van der Waals surface area (Å²) in [6, 6.07) is 1.46. The molecule has 1 unspecified atom stereocenters. The normalized spacial score (nSPS) is 25.7. The smallest absolute Gasteiger partial charge is 0.224 e. The van der Waals surface area contributed by atoms with E-state index in [0.29, 0.717) is 12.0 Å². The van der Waals surface area contributed by atoms with E-state index in [4.69, 9.17) is 23.2 Å². The van der Waals surface area contributed by atoms with E-state index < -0.39 is 12.6 Å². The summed E-state index contributed by atoms with van der Waals surface area (Å²) in [5, 5.41) is 0.415. The Labute approximate surface area is 122 Å². The lowest BCUT2D eigenvalue weighted by atomic mass is 10.0. The molecular weight excluding hydrogens is 318 g/mol. The number of allylic oxidation sites excluding steroid dienone is 1. The van der Waals surface area contributed by atoms with E-state index in [-0.39, 0.29) is 21.1 Å². The van der Waals surface area contributed by atoms with Crippen LogP contribution in [0.25, 0.3) is 0 Å². The molecule has 0 bridgehead atoms. The van der Waals surface area contributed by atoms with E-state index in [1.165, 1.54) is 6.07 Å². The first-order chi connectivity index (χ1) is 8.76. The van der Waals surface area contributed by atoms with Gasteiger partial charge in [0.2, 0.25) is 0 Å². The van der Waals surface area contributed by atoms with Gasteiger partial charge in [0, 0.05) is 15.3 Å². The molecule has 0 amide bonds. The van der Waals surface area contributed by atoms with Crippen molar-refractivity contribution >= 4 is 39.7 Å². The minimum Gasteiger partial charge on any atom is -0.224 e. The summed E-state index contributed by atoms with van der Waals surface area (Å²) in [7, 11) is 0. The highest BCUT2D eigenvalue weighted by Crippen LogP contribution is 2.37. The van der Waals surface area contributed by atoms with E-state index in [9.17, 15) is 13.2 Å². The van der Waals surface area contributed by atoms with Crippen LogP contribution in [0.3, 0.4) is 0 Å². The van der Waals surface area contributed by atoms with Gasteiger partial charge in [-0.15, -0.1) is 11.3 Å². The molecule has 0 fully saturated rings. The molecule has 0 saturated heterocycles. The van der Waals surface area contributed by atoms with Crippen LogP contribution in [0.5, 0.6) is 0 Å². The molecule has 1 nitrogen and oxygen atoms in total. The van der Waals surface area contributed by atoms with Crippen LogP contribution in [0, 0.1) is 0 Å². The minimum absolute atomic E-state index is 0.0694. The zero-order chi connectivity index (χ0) is 14.2. The van der Waals surface area contributed by atoms with E-state index in [0.717, 1.165) is 16.2 Å². The number of nitrogens with zero attached hydrogens (tertiary/aromatic N) is 1. The first kappa shape index (κ1) is 14.9. The van der Waals surface area contributed by atoms with E-state index in [2.05, 4.69) is 4.99 Å². The van der Waals surface area contributed by atoms with E-state index >= 15 is 0 Å². The Bertz CT molecular complexity index is 546. The van der Waals surface area contributed by atoms with Crippen molar-refractivity contribution in [3.05, 3.63) is 32.6 Å². The quantitative estimate of drug-likeness (QED) is 0.610. The van der Waals surface area contributed by atoms with Gasteiger partial charge in [-0.3, -0.25) is 0 Å². The number of fused-ring (bicyclic) bond motifs is 1. The lowest BCUT2D eigenvalue weighted by Crippen LogP contribution is -2.10. The van der Waals surface area contributed by atoms with Gasteiger partial charge in [0.05, 0.1) is 6.42 Å². The number of thiophene rings is 1. The summed E-state index contributed by atoms with van der Waals surface area (Å²) < 4.78 is 37.3. The number of halogens is 5. The third kappa shape index (κ3) is 3.74. The summed E-state index contributed by atoms with van der Waals surface area (Å²) in [6.07, 6.45) is -2.81. The van der Waals surface area contributed by atoms with Crippen LogP contribution in [0.4, 0.5) is 13.2 Å². The van der Waals surface area contributed by atoms with Crippen molar-refractivity contribution in [2.24, 2.45) is 4.99 Å². The minimum atomic E-state index is -4.22. The summed E-state index contributed by atoms with van der Waals surface area (Å²) in [4.78, 5) is 5.03. The predicted octanol–water partition coefficient (Wildman–Crippen LogP) is 5.43.